The van der Waals surface area contributed by atoms with Crippen LogP contribution in [0.4, 0.5) is 0 Å². The van der Waals surface area contributed by atoms with E-state index in [9.17, 15) is 0 Å². The van der Waals surface area contributed by atoms with Gasteiger partial charge < -0.3 is 4.57 Å². The minimum Gasteiger partial charge on any atom is -0.306 e. The van der Waals surface area contributed by atoms with Gasteiger partial charge in [-0.25, -0.2) is 4.98 Å². The highest BCUT2D eigenvalue weighted by molar-refractivity contribution is 6.11. The predicted molar refractivity (Wildman–Crippen MR) is 149 cm³/mol. The van der Waals surface area contributed by atoms with Crippen LogP contribution in [0.15, 0.2) is 122 Å². The average molecular weight is 445 g/mol. The average Bonchev–Trinajstić information content (AvgIpc) is 3.42. The lowest BCUT2D eigenvalue weighted by molar-refractivity contribution is 1.06. The highest BCUT2D eigenvalue weighted by Crippen LogP contribution is 2.33. The van der Waals surface area contributed by atoms with Crippen LogP contribution in [0.1, 0.15) is 0 Å². The van der Waals surface area contributed by atoms with E-state index in [0.29, 0.717) is 0 Å². The van der Waals surface area contributed by atoms with E-state index in [0.717, 1.165) is 5.69 Å². The third-order valence-electron chi connectivity index (χ3n) is 7.31. The molecule has 7 aromatic carbocycles. The SMILES string of the molecule is c1ccc2cc3cc4cc5cc6cc7cc(-n8ccnc8)ccc7cc6cc5cc4cc3cc2c1. The molecule has 0 spiro atoms. The summed E-state index contributed by atoms with van der Waals surface area (Å²) in [6.07, 6.45) is 5.63. The zero-order valence-corrected chi connectivity index (χ0v) is 18.9. The summed E-state index contributed by atoms with van der Waals surface area (Å²) < 4.78 is 2.05. The Bertz CT molecular complexity index is 2100. The topological polar surface area (TPSA) is 17.8 Å². The van der Waals surface area contributed by atoms with Gasteiger partial charge in [-0.05, 0) is 137 Å². The normalized spacial score (nSPS) is 12.0. The number of fused-ring (bicyclic) bond motifs is 6. The van der Waals surface area contributed by atoms with Crippen molar-refractivity contribution >= 4 is 64.6 Å². The van der Waals surface area contributed by atoms with Crippen LogP contribution in [-0.4, -0.2) is 9.55 Å². The van der Waals surface area contributed by atoms with Gasteiger partial charge in [-0.2, -0.15) is 0 Å². The van der Waals surface area contributed by atoms with Crippen molar-refractivity contribution in [3.05, 3.63) is 122 Å². The second kappa shape index (κ2) is 6.91. The molecule has 0 amide bonds. The number of imidazole rings is 1. The summed E-state index contributed by atoms with van der Waals surface area (Å²) in [5.41, 5.74) is 1.13. The molecule has 0 saturated carbocycles. The summed E-state index contributed by atoms with van der Waals surface area (Å²) in [6, 6.07) is 38.4. The highest BCUT2D eigenvalue weighted by atomic mass is 15.0. The van der Waals surface area contributed by atoms with Gasteiger partial charge in [0.2, 0.25) is 0 Å². The molecular weight excluding hydrogens is 424 g/mol. The van der Waals surface area contributed by atoms with E-state index in [-0.39, 0.29) is 0 Å². The molecule has 1 heterocycles. The first-order chi connectivity index (χ1) is 17.3. The Balaban J connectivity index is 1.35. The van der Waals surface area contributed by atoms with Gasteiger partial charge in [0, 0.05) is 18.1 Å². The molecule has 0 saturated heterocycles. The Morgan fingerprint density at radius 3 is 1.23 bits per heavy atom. The Kier molecular flexibility index (Phi) is 3.69. The largest absolute Gasteiger partial charge is 0.306 e. The number of hydrogen-bond donors (Lipinski definition) is 0. The van der Waals surface area contributed by atoms with Gasteiger partial charge in [0.05, 0.1) is 6.33 Å². The van der Waals surface area contributed by atoms with Crippen LogP contribution in [0.25, 0.3) is 70.3 Å². The van der Waals surface area contributed by atoms with Crippen LogP contribution in [0, 0.1) is 0 Å². The fourth-order valence-corrected chi connectivity index (χ4v) is 5.51. The summed E-state index contributed by atoms with van der Waals surface area (Å²) in [7, 11) is 0. The van der Waals surface area contributed by atoms with Crippen molar-refractivity contribution < 1.29 is 0 Å². The van der Waals surface area contributed by atoms with Crippen molar-refractivity contribution in [1.82, 2.24) is 9.55 Å². The maximum atomic E-state index is 4.18. The molecule has 0 aliphatic carbocycles. The second-order valence-corrected chi connectivity index (χ2v) is 9.50. The molecule has 8 rings (SSSR count). The number of benzene rings is 7. The Hall–Kier alpha value is -4.69. The monoisotopic (exact) mass is 444 g/mol. The van der Waals surface area contributed by atoms with Crippen LogP contribution in [0.3, 0.4) is 0 Å². The third kappa shape index (κ3) is 2.93. The Morgan fingerprint density at radius 2 is 0.800 bits per heavy atom. The molecule has 35 heavy (non-hydrogen) atoms. The Labute approximate surface area is 201 Å². The molecule has 0 aliphatic rings. The van der Waals surface area contributed by atoms with E-state index in [1.807, 2.05) is 23.3 Å². The molecule has 0 fully saturated rings. The second-order valence-electron chi connectivity index (χ2n) is 9.50. The number of nitrogens with zero attached hydrogens (tertiary/aromatic N) is 2. The quantitative estimate of drug-likeness (QED) is 0.231. The first-order valence-corrected chi connectivity index (χ1v) is 11.9. The summed E-state index contributed by atoms with van der Waals surface area (Å²) in [5.74, 6) is 0. The van der Waals surface area contributed by atoms with Crippen LogP contribution < -0.4 is 0 Å². The zero-order valence-electron chi connectivity index (χ0n) is 18.9. The lowest BCUT2D eigenvalue weighted by atomic mass is 9.95. The lowest BCUT2D eigenvalue weighted by Gasteiger charge is -2.10. The molecule has 0 radical (unpaired) electrons. The third-order valence-corrected chi connectivity index (χ3v) is 7.31. The molecule has 162 valence electrons. The molecule has 8 aromatic rings. The molecule has 2 nitrogen and oxygen atoms in total. The first-order valence-electron chi connectivity index (χ1n) is 11.9. The van der Waals surface area contributed by atoms with Crippen LogP contribution >= 0.6 is 0 Å². The lowest BCUT2D eigenvalue weighted by Crippen LogP contribution is -1.89. The van der Waals surface area contributed by atoms with Crippen molar-refractivity contribution in [2.24, 2.45) is 0 Å². The number of aromatic nitrogens is 2. The van der Waals surface area contributed by atoms with Crippen molar-refractivity contribution in [2.45, 2.75) is 0 Å². The van der Waals surface area contributed by atoms with E-state index in [4.69, 9.17) is 0 Å². The van der Waals surface area contributed by atoms with Crippen molar-refractivity contribution in [3.63, 3.8) is 0 Å². The standard InChI is InChI=1S/C33H20N2/c1-2-4-22-10-25-13-28-16-30-17-31-18-32-19-33(35-8-7-34-20-35)6-5-23(32)11-26(31)14-29(30)15-27(28)12-24(25)9-21(22)3-1/h1-20H. The maximum absolute atomic E-state index is 4.18. The minimum atomic E-state index is 1.13. The van der Waals surface area contributed by atoms with Crippen LogP contribution in [0.5, 0.6) is 0 Å². The summed E-state index contributed by atoms with van der Waals surface area (Å²) in [5, 5.41) is 15.3. The molecule has 0 aliphatic heterocycles. The summed E-state index contributed by atoms with van der Waals surface area (Å²) in [4.78, 5) is 4.18. The zero-order chi connectivity index (χ0) is 22.9. The van der Waals surface area contributed by atoms with E-state index < -0.39 is 0 Å². The van der Waals surface area contributed by atoms with Gasteiger partial charge in [-0.1, -0.05) is 30.3 Å². The molecule has 0 atom stereocenters. The van der Waals surface area contributed by atoms with Crippen molar-refractivity contribution in [3.8, 4) is 5.69 Å². The van der Waals surface area contributed by atoms with Crippen molar-refractivity contribution in [2.75, 3.05) is 0 Å². The smallest absolute Gasteiger partial charge is 0.0991 e. The van der Waals surface area contributed by atoms with E-state index in [1.165, 1.54) is 64.6 Å². The minimum absolute atomic E-state index is 1.13. The molecule has 0 bridgehead atoms. The van der Waals surface area contributed by atoms with Crippen LogP contribution in [0.2, 0.25) is 0 Å². The maximum Gasteiger partial charge on any atom is 0.0991 e. The van der Waals surface area contributed by atoms with Gasteiger partial charge in [0.15, 0.2) is 0 Å². The van der Waals surface area contributed by atoms with Gasteiger partial charge >= 0.3 is 0 Å². The molecule has 2 heteroatoms. The predicted octanol–water partition coefficient (Wildman–Crippen LogP) is 8.79. The summed E-state index contributed by atoms with van der Waals surface area (Å²) in [6.45, 7) is 0. The van der Waals surface area contributed by atoms with E-state index in [1.54, 1.807) is 0 Å². The first kappa shape index (κ1) is 18.7. The number of hydrogen-bond acceptors (Lipinski definition) is 1. The fraction of sp³-hybridized carbons (Fsp3) is 0. The van der Waals surface area contributed by atoms with Crippen LogP contribution in [-0.2, 0) is 0 Å². The fourth-order valence-electron chi connectivity index (χ4n) is 5.51. The Morgan fingerprint density at radius 1 is 0.400 bits per heavy atom. The molecule has 0 unspecified atom stereocenters. The molecular formula is C33H20N2. The van der Waals surface area contributed by atoms with Gasteiger partial charge in [0.25, 0.3) is 0 Å². The van der Waals surface area contributed by atoms with Gasteiger partial charge in [-0.15, -0.1) is 0 Å². The highest BCUT2D eigenvalue weighted by Gasteiger charge is 2.07. The molecule has 1 aromatic heterocycles. The van der Waals surface area contributed by atoms with E-state index in [2.05, 4.69) is 108 Å². The van der Waals surface area contributed by atoms with Crippen molar-refractivity contribution in [1.29, 1.82) is 0 Å². The van der Waals surface area contributed by atoms with E-state index >= 15 is 0 Å². The molecule has 0 N–H and O–H groups in total. The van der Waals surface area contributed by atoms with Gasteiger partial charge in [0.1, 0.15) is 0 Å². The van der Waals surface area contributed by atoms with Gasteiger partial charge in [-0.3, -0.25) is 0 Å². The number of rotatable bonds is 1. The summed E-state index contributed by atoms with van der Waals surface area (Å²) >= 11 is 0.